The zero-order valence-electron chi connectivity index (χ0n) is 16.0. The number of hydrogen-bond acceptors (Lipinski definition) is 6. The zero-order chi connectivity index (χ0) is 21.8. The number of nitro benzene ring substituents is 1. The minimum absolute atomic E-state index is 0.0215. The van der Waals surface area contributed by atoms with E-state index in [0.29, 0.717) is 23.5 Å². The van der Waals surface area contributed by atoms with E-state index in [-0.39, 0.29) is 17.3 Å². The molecule has 0 aromatic heterocycles. The van der Waals surface area contributed by atoms with E-state index in [0.717, 1.165) is 10.0 Å². The monoisotopic (exact) mass is 478 g/mol. The second kappa shape index (κ2) is 8.93. The molecule has 4 rings (SSSR count). The number of halogens is 1. The Labute approximate surface area is 185 Å². The van der Waals surface area contributed by atoms with Gasteiger partial charge in [-0.25, -0.2) is 9.79 Å². The number of hydrogen-bond donors (Lipinski definition) is 0. The molecule has 154 valence electrons. The lowest BCUT2D eigenvalue weighted by Crippen LogP contribution is -2.05. The van der Waals surface area contributed by atoms with E-state index < -0.39 is 10.9 Å². The number of ether oxygens (including phenoxy) is 2. The highest BCUT2D eigenvalue weighted by Crippen LogP contribution is 2.26. The minimum Gasteiger partial charge on any atom is -0.488 e. The number of aliphatic imine (C=N–C) groups is 1. The molecule has 0 unspecified atom stereocenters. The van der Waals surface area contributed by atoms with E-state index in [2.05, 4.69) is 20.9 Å². The summed E-state index contributed by atoms with van der Waals surface area (Å²) in [6.45, 7) is 0.361. The van der Waals surface area contributed by atoms with Crippen LogP contribution >= 0.6 is 15.9 Å². The first-order valence-corrected chi connectivity index (χ1v) is 10.0. The molecule has 0 N–H and O–H groups in total. The summed E-state index contributed by atoms with van der Waals surface area (Å²) in [7, 11) is 0. The van der Waals surface area contributed by atoms with Crippen LogP contribution in [0.1, 0.15) is 16.7 Å². The summed E-state index contributed by atoms with van der Waals surface area (Å²) in [5, 5.41) is 11.0. The van der Waals surface area contributed by atoms with Crippen molar-refractivity contribution in [3.05, 3.63) is 110 Å². The lowest BCUT2D eigenvalue weighted by molar-refractivity contribution is -0.384. The first-order chi connectivity index (χ1) is 15.0. The Bertz CT molecular complexity index is 1220. The van der Waals surface area contributed by atoms with Crippen LogP contribution in [-0.4, -0.2) is 16.8 Å². The SMILES string of the molecule is O=C1OC(c2cccc([N+](=O)[O-])c2)=NC1=Cc1ccccc1OCc1ccc(Br)cc1. The van der Waals surface area contributed by atoms with Crippen LogP contribution in [0.4, 0.5) is 5.69 Å². The zero-order valence-corrected chi connectivity index (χ0v) is 17.6. The van der Waals surface area contributed by atoms with Gasteiger partial charge < -0.3 is 9.47 Å². The average molecular weight is 479 g/mol. The van der Waals surface area contributed by atoms with Crippen molar-refractivity contribution >= 4 is 39.6 Å². The van der Waals surface area contributed by atoms with Crippen LogP contribution in [0.5, 0.6) is 5.75 Å². The largest absolute Gasteiger partial charge is 0.488 e. The molecule has 0 fully saturated rings. The van der Waals surface area contributed by atoms with Crippen LogP contribution in [0.2, 0.25) is 0 Å². The van der Waals surface area contributed by atoms with Crippen molar-refractivity contribution in [3.8, 4) is 5.75 Å². The molecular formula is C23H15BrN2O5. The van der Waals surface area contributed by atoms with Gasteiger partial charge >= 0.3 is 5.97 Å². The molecule has 0 amide bonds. The Morgan fingerprint density at radius 1 is 1.06 bits per heavy atom. The molecule has 0 aliphatic carbocycles. The number of benzene rings is 3. The van der Waals surface area contributed by atoms with Crippen LogP contribution in [0.3, 0.4) is 0 Å². The summed E-state index contributed by atoms with van der Waals surface area (Å²) in [6, 6.07) is 20.8. The number of cyclic esters (lactones) is 1. The van der Waals surface area contributed by atoms with Crippen molar-refractivity contribution in [1.29, 1.82) is 0 Å². The van der Waals surface area contributed by atoms with Crippen molar-refractivity contribution in [3.63, 3.8) is 0 Å². The molecule has 0 saturated carbocycles. The highest BCUT2D eigenvalue weighted by atomic mass is 79.9. The molecule has 0 saturated heterocycles. The Morgan fingerprint density at radius 2 is 1.84 bits per heavy atom. The third-order valence-corrected chi connectivity index (χ3v) is 4.97. The van der Waals surface area contributed by atoms with Gasteiger partial charge in [-0.05, 0) is 35.9 Å². The fourth-order valence-corrected chi connectivity index (χ4v) is 3.17. The molecule has 7 nitrogen and oxygen atoms in total. The molecule has 31 heavy (non-hydrogen) atoms. The topological polar surface area (TPSA) is 91.0 Å². The highest BCUT2D eigenvalue weighted by Gasteiger charge is 2.25. The summed E-state index contributed by atoms with van der Waals surface area (Å²) >= 11 is 3.40. The second-order valence-electron chi connectivity index (χ2n) is 6.60. The Balaban J connectivity index is 1.58. The number of rotatable bonds is 6. The first kappa shape index (κ1) is 20.5. The van der Waals surface area contributed by atoms with E-state index >= 15 is 0 Å². The number of non-ortho nitro benzene ring substituents is 1. The predicted molar refractivity (Wildman–Crippen MR) is 119 cm³/mol. The van der Waals surface area contributed by atoms with Crippen LogP contribution < -0.4 is 4.74 Å². The molecule has 3 aromatic carbocycles. The van der Waals surface area contributed by atoms with Gasteiger partial charge in [0.25, 0.3) is 5.69 Å². The Hall–Kier alpha value is -3.78. The summed E-state index contributed by atoms with van der Waals surface area (Å²) in [5.74, 6) is -0.0258. The second-order valence-corrected chi connectivity index (χ2v) is 7.51. The lowest BCUT2D eigenvalue weighted by Gasteiger charge is -2.09. The van der Waals surface area contributed by atoms with Crippen molar-refractivity contribution < 1.29 is 19.2 Å². The van der Waals surface area contributed by atoms with Gasteiger partial charge in [0.15, 0.2) is 5.70 Å². The maximum atomic E-state index is 12.3. The van der Waals surface area contributed by atoms with Gasteiger partial charge in [-0.15, -0.1) is 0 Å². The molecule has 0 atom stereocenters. The average Bonchev–Trinajstić information content (AvgIpc) is 3.14. The number of esters is 1. The Kier molecular flexibility index (Phi) is 5.90. The van der Waals surface area contributed by atoms with Crippen molar-refractivity contribution in [2.75, 3.05) is 0 Å². The quantitative estimate of drug-likeness (QED) is 0.208. The van der Waals surface area contributed by atoms with Gasteiger partial charge in [-0.3, -0.25) is 10.1 Å². The van der Waals surface area contributed by atoms with Gasteiger partial charge in [-0.1, -0.05) is 52.3 Å². The van der Waals surface area contributed by atoms with E-state index in [1.807, 2.05) is 36.4 Å². The number of carbonyl (C=O) groups excluding carboxylic acids is 1. The smallest absolute Gasteiger partial charge is 0.363 e. The Morgan fingerprint density at radius 3 is 2.61 bits per heavy atom. The molecule has 0 spiro atoms. The fourth-order valence-electron chi connectivity index (χ4n) is 2.91. The number of nitrogens with zero attached hydrogens (tertiary/aromatic N) is 2. The van der Waals surface area contributed by atoms with Crippen LogP contribution in [0.25, 0.3) is 6.08 Å². The van der Waals surface area contributed by atoms with E-state index in [1.165, 1.54) is 18.2 Å². The highest BCUT2D eigenvalue weighted by molar-refractivity contribution is 9.10. The van der Waals surface area contributed by atoms with Gasteiger partial charge in [0.2, 0.25) is 5.90 Å². The molecule has 8 heteroatoms. The van der Waals surface area contributed by atoms with E-state index in [4.69, 9.17) is 9.47 Å². The molecule has 3 aromatic rings. The predicted octanol–water partition coefficient (Wildman–Crippen LogP) is 5.28. The minimum atomic E-state index is -0.635. The molecule has 0 radical (unpaired) electrons. The van der Waals surface area contributed by atoms with Gasteiger partial charge in [0.1, 0.15) is 12.4 Å². The first-order valence-electron chi connectivity index (χ1n) is 9.23. The standard InChI is InChI=1S/C23H15BrN2O5/c24-18-10-8-15(9-11-18)14-30-21-7-2-1-4-16(21)13-20-23(27)31-22(25-20)17-5-3-6-19(12-17)26(28)29/h1-13H,14H2. The van der Waals surface area contributed by atoms with Crippen LogP contribution in [0.15, 0.2) is 88.0 Å². The number of carbonyl (C=O) groups is 1. The third kappa shape index (κ3) is 4.87. The van der Waals surface area contributed by atoms with Gasteiger partial charge in [0.05, 0.1) is 4.92 Å². The summed E-state index contributed by atoms with van der Waals surface area (Å²) < 4.78 is 12.1. The van der Waals surface area contributed by atoms with Crippen molar-refractivity contribution in [2.45, 2.75) is 6.61 Å². The lowest BCUT2D eigenvalue weighted by atomic mass is 10.1. The third-order valence-electron chi connectivity index (χ3n) is 4.44. The molecular weight excluding hydrogens is 464 g/mol. The van der Waals surface area contributed by atoms with E-state index in [1.54, 1.807) is 24.3 Å². The molecule has 0 bridgehead atoms. The van der Waals surface area contributed by atoms with Crippen molar-refractivity contribution in [2.24, 2.45) is 4.99 Å². The number of para-hydroxylation sites is 1. The van der Waals surface area contributed by atoms with E-state index in [9.17, 15) is 14.9 Å². The maximum absolute atomic E-state index is 12.3. The molecule has 1 aliphatic heterocycles. The van der Waals surface area contributed by atoms with Crippen LogP contribution in [0, 0.1) is 10.1 Å². The summed E-state index contributed by atoms with van der Waals surface area (Å²) in [4.78, 5) is 27.0. The van der Waals surface area contributed by atoms with Crippen LogP contribution in [-0.2, 0) is 16.1 Å². The molecule has 1 heterocycles. The fraction of sp³-hybridized carbons (Fsp3) is 0.0435. The van der Waals surface area contributed by atoms with Gasteiger partial charge in [0, 0.05) is 27.7 Å². The normalized spacial score (nSPS) is 14.3. The molecule has 1 aliphatic rings. The summed E-state index contributed by atoms with van der Waals surface area (Å²) in [5.41, 5.74) is 1.99. The maximum Gasteiger partial charge on any atom is 0.363 e. The van der Waals surface area contributed by atoms with Crippen molar-refractivity contribution in [1.82, 2.24) is 0 Å². The summed E-state index contributed by atoms with van der Waals surface area (Å²) in [6.07, 6.45) is 1.57. The number of nitro groups is 1. The van der Waals surface area contributed by atoms with Gasteiger partial charge in [-0.2, -0.15) is 0 Å².